The molecule has 5 nitrogen and oxygen atoms in total. The molecule has 1 aliphatic heterocycles. The molecule has 1 heterocycles. The van der Waals surface area contributed by atoms with Gasteiger partial charge in [-0.25, -0.2) is 0 Å². The van der Waals surface area contributed by atoms with E-state index < -0.39 is 6.04 Å². The van der Waals surface area contributed by atoms with Crippen LogP contribution in [0.5, 0.6) is 5.75 Å². The third kappa shape index (κ3) is 4.79. The van der Waals surface area contributed by atoms with E-state index in [0.717, 1.165) is 11.1 Å². The fraction of sp³-hybridized carbons (Fsp3) is 0.190. The summed E-state index contributed by atoms with van der Waals surface area (Å²) < 4.78 is 0.383. The minimum absolute atomic E-state index is 0.208. The lowest BCUT2D eigenvalue weighted by atomic mass is 10.1. The molecule has 3 rings (SSSR count). The summed E-state index contributed by atoms with van der Waals surface area (Å²) in [5.74, 6) is -0.296. The summed E-state index contributed by atoms with van der Waals surface area (Å²) in [6, 6.07) is 15.7. The summed E-state index contributed by atoms with van der Waals surface area (Å²) in [6.07, 6.45) is 2.42. The third-order valence-corrected chi connectivity index (χ3v) is 5.67. The van der Waals surface area contributed by atoms with E-state index in [9.17, 15) is 14.7 Å². The molecule has 1 fully saturated rings. The first-order valence-electron chi connectivity index (χ1n) is 8.83. The minimum atomic E-state index is -0.686. The second-order valence-electron chi connectivity index (χ2n) is 6.35. The molecule has 1 unspecified atom stereocenters. The molecule has 0 saturated carbocycles. The summed E-state index contributed by atoms with van der Waals surface area (Å²) in [4.78, 5) is 27.1. The Morgan fingerprint density at radius 1 is 1.21 bits per heavy atom. The molecule has 1 atom stereocenters. The van der Waals surface area contributed by atoms with Gasteiger partial charge in [0.05, 0.1) is 4.91 Å². The molecule has 144 valence electrons. The minimum Gasteiger partial charge on any atom is -0.508 e. The third-order valence-electron chi connectivity index (χ3n) is 4.34. The van der Waals surface area contributed by atoms with E-state index in [1.807, 2.05) is 30.3 Å². The van der Waals surface area contributed by atoms with E-state index in [1.165, 1.54) is 16.7 Å². The number of hydrogen-bond acceptors (Lipinski definition) is 5. The number of carbonyl (C=O) groups excluding carboxylic acids is 2. The lowest BCUT2D eigenvalue weighted by Gasteiger charge is -2.22. The SMILES string of the molecule is CC(C(=O)NCCc1ccc(O)cc1)N1C(=O)C(=Cc2ccccc2)SC1=S. The largest absolute Gasteiger partial charge is 0.508 e. The molecule has 0 aliphatic carbocycles. The Morgan fingerprint density at radius 3 is 2.57 bits per heavy atom. The fourth-order valence-corrected chi connectivity index (χ4v) is 4.19. The van der Waals surface area contributed by atoms with Gasteiger partial charge >= 0.3 is 0 Å². The van der Waals surface area contributed by atoms with Crippen LogP contribution in [-0.2, 0) is 16.0 Å². The molecule has 0 spiro atoms. The highest BCUT2D eigenvalue weighted by molar-refractivity contribution is 8.26. The van der Waals surface area contributed by atoms with E-state index in [2.05, 4.69) is 5.32 Å². The molecule has 0 radical (unpaired) electrons. The van der Waals surface area contributed by atoms with Gasteiger partial charge in [-0.15, -0.1) is 0 Å². The molecule has 2 amide bonds. The number of nitrogens with one attached hydrogen (secondary N) is 1. The van der Waals surface area contributed by atoms with Crippen molar-refractivity contribution in [2.75, 3.05) is 6.54 Å². The Bertz CT molecular complexity index is 911. The predicted molar refractivity (Wildman–Crippen MR) is 116 cm³/mol. The van der Waals surface area contributed by atoms with Crippen molar-refractivity contribution >= 4 is 46.2 Å². The van der Waals surface area contributed by atoms with Gasteiger partial charge in [0, 0.05) is 6.54 Å². The zero-order chi connectivity index (χ0) is 20.1. The Labute approximate surface area is 173 Å². The van der Waals surface area contributed by atoms with Gasteiger partial charge in [0.1, 0.15) is 16.1 Å². The molecular weight excluding hydrogens is 392 g/mol. The van der Waals surface area contributed by atoms with Crippen LogP contribution in [0.1, 0.15) is 18.1 Å². The summed E-state index contributed by atoms with van der Waals surface area (Å²) in [5, 5.41) is 12.1. The van der Waals surface area contributed by atoms with E-state index in [4.69, 9.17) is 12.2 Å². The number of nitrogens with zero attached hydrogens (tertiary/aromatic N) is 1. The fourth-order valence-electron chi connectivity index (χ4n) is 2.77. The summed E-state index contributed by atoms with van der Waals surface area (Å²) in [7, 11) is 0. The molecule has 0 bridgehead atoms. The van der Waals surface area contributed by atoms with Crippen LogP contribution in [0.15, 0.2) is 59.5 Å². The summed E-state index contributed by atoms with van der Waals surface area (Å²) in [6.45, 7) is 2.11. The molecule has 2 N–H and O–H groups in total. The zero-order valence-corrected chi connectivity index (χ0v) is 16.9. The molecule has 28 heavy (non-hydrogen) atoms. The van der Waals surface area contributed by atoms with Gasteiger partial charge in [0.25, 0.3) is 5.91 Å². The van der Waals surface area contributed by atoms with Crippen LogP contribution in [0, 0.1) is 0 Å². The second-order valence-corrected chi connectivity index (χ2v) is 8.02. The quantitative estimate of drug-likeness (QED) is 0.563. The average Bonchev–Trinajstić information content (AvgIpc) is 2.96. The lowest BCUT2D eigenvalue weighted by Crippen LogP contribution is -2.47. The normalized spacial score (nSPS) is 16.5. The molecule has 1 aliphatic rings. The lowest BCUT2D eigenvalue weighted by molar-refractivity contribution is -0.132. The number of carbonyl (C=O) groups is 2. The van der Waals surface area contributed by atoms with Crippen LogP contribution in [0.3, 0.4) is 0 Å². The van der Waals surface area contributed by atoms with Gasteiger partial charge in [-0.2, -0.15) is 0 Å². The van der Waals surface area contributed by atoms with Gasteiger partial charge in [-0.05, 0) is 42.7 Å². The van der Waals surface area contributed by atoms with Crippen molar-refractivity contribution in [1.29, 1.82) is 0 Å². The monoisotopic (exact) mass is 412 g/mol. The smallest absolute Gasteiger partial charge is 0.266 e. The first-order valence-corrected chi connectivity index (χ1v) is 10.1. The van der Waals surface area contributed by atoms with Crippen molar-refractivity contribution in [1.82, 2.24) is 10.2 Å². The van der Waals surface area contributed by atoms with Crippen LogP contribution < -0.4 is 5.32 Å². The molecule has 2 aromatic rings. The molecule has 1 saturated heterocycles. The van der Waals surface area contributed by atoms with Crippen molar-refractivity contribution in [3.8, 4) is 5.75 Å². The van der Waals surface area contributed by atoms with E-state index in [0.29, 0.717) is 22.2 Å². The number of phenols is 1. The van der Waals surface area contributed by atoms with E-state index >= 15 is 0 Å². The van der Waals surface area contributed by atoms with Gasteiger partial charge in [-0.3, -0.25) is 14.5 Å². The van der Waals surface area contributed by atoms with Crippen molar-refractivity contribution < 1.29 is 14.7 Å². The Morgan fingerprint density at radius 2 is 1.89 bits per heavy atom. The number of rotatable bonds is 6. The molecule has 7 heteroatoms. The van der Waals surface area contributed by atoms with Crippen molar-refractivity contribution in [2.45, 2.75) is 19.4 Å². The van der Waals surface area contributed by atoms with Crippen LogP contribution in [0.4, 0.5) is 0 Å². The average molecular weight is 413 g/mol. The van der Waals surface area contributed by atoms with Crippen molar-refractivity contribution in [3.05, 3.63) is 70.6 Å². The number of aromatic hydroxyl groups is 1. The molecule has 2 aromatic carbocycles. The van der Waals surface area contributed by atoms with Crippen LogP contribution in [0.2, 0.25) is 0 Å². The van der Waals surface area contributed by atoms with Gasteiger partial charge < -0.3 is 10.4 Å². The number of benzene rings is 2. The molecular formula is C21H20N2O3S2. The zero-order valence-electron chi connectivity index (χ0n) is 15.3. The number of hydrogen-bond donors (Lipinski definition) is 2. The van der Waals surface area contributed by atoms with Crippen LogP contribution in [0.25, 0.3) is 6.08 Å². The number of thioether (sulfide) groups is 1. The van der Waals surface area contributed by atoms with Crippen molar-refractivity contribution in [3.63, 3.8) is 0 Å². The number of amides is 2. The predicted octanol–water partition coefficient (Wildman–Crippen LogP) is 3.34. The number of phenolic OH excluding ortho intramolecular Hbond substituents is 1. The van der Waals surface area contributed by atoms with Gasteiger partial charge in [0.2, 0.25) is 5.91 Å². The summed E-state index contributed by atoms with van der Waals surface area (Å²) in [5.41, 5.74) is 1.91. The van der Waals surface area contributed by atoms with Crippen molar-refractivity contribution in [2.24, 2.45) is 0 Å². The maximum Gasteiger partial charge on any atom is 0.266 e. The van der Waals surface area contributed by atoms with Gasteiger partial charge in [-0.1, -0.05) is 66.4 Å². The summed E-state index contributed by atoms with van der Waals surface area (Å²) >= 11 is 6.54. The Kier molecular flexibility index (Phi) is 6.49. The van der Waals surface area contributed by atoms with Gasteiger partial charge in [0.15, 0.2) is 0 Å². The Balaban J connectivity index is 1.59. The highest BCUT2D eigenvalue weighted by Gasteiger charge is 2.38. The maximum absolute atomic E-state index is 12.7. The molecule has 0 aromatic heterocycles. The van der Waals surface area contributed by atoms with E-state index in [1.54, 1.807) is 37.3 Å². The topological polar surface area (TPSA) is 69.6 Å². The second kappa shape index (κ2) is 9.03. The highest BCUT2D eigenvalue weighted by Crippen LogP contribution is 2.33. The first kappa shape index (κ1) is 20.1. The van der Waals surface area contributed by atoms with E-state index in [-0.39, 0.29) is 17.6 Å². The number of thiocarbonyl (C=S) groups is 1. The highest BCUT2D eigenvalue weighted by atomic mass is 32.2. The van der Waals surface area contributed by atoms with Crippen LogP contribution in [-0.4, -0.2) is 38.7 Å². The van der Waals surface area contributed by atoms with Crippen LogP contribution >= 0.6 is 24.0 Å². The first-order chi connectivity index (χ1) is 13.5. The standard InChI is InChI=1S/C21H20N2O3S2/c1-14(19(25)22-12-11-15-7-9-17(24)10-8-15)23-20(26)18(28-21(23)27)13-16-5-3-2-4-6-16/h2-10,13-14,24H,11-12H2,1H3,(H,22,25). The Hall–Kier alpha value is -2.64. The maximum atomic E-state index is 12.7.